The maximum Gasteiger partial charge on any atom is 0.293 e. The average Bonchev–Trinajstić information content (AvgIpc) is 3.38. The predicted molar refractivity (Wildman–Crippen MR) is 147 cm³/mol. The van der Waals surface area contributed by atoms with Gasteiger partial charge in [-0.1, -0.05) is 53.3 Å². The van der Waals surface area contributed by atoms with Crippen molar-refractivity contribution in [1.29, 1.82) is 0 Å². The zero-order valence-electron chi connectivity index (χ0n) is 20.2. The van der Waals surface area contributed by atoms with E-state index in [0.717, 1.165) is 37.9 Å². The summed E-state index contributed by atoms with van der Waals surface area (Å²) in [4.78, 5) is 33.8. The summed E-state index contributed by atoms with van der Waals surface area (Å²) in [5, 5.41) is 12.9. The lowest BCUT2D eigenvalue weighted by atomic mass is 10.1. The van der Waals surface area contributed by atoms with Crippen LogP contribution >= 0.6 is 22.9 Å². The SMILES string of the molecule is COc1ccc(Cl)c2sc(N(Cc3ccccc3)C(=O)c3ccc(N4CCCCC4)c([N+](=O)[O-])c3)nc12. The highest BCUT2D eigenvalue weighted by atomic mass is 35.5. The number of rotatable bonds is 7. The number of piperidine rings is 1. The first kappa shape index (κ1) is 25.0. The Morgan fingerprint density at radius 2 is 1.89 bits per heavy atom. The summed E-state index contributed by atoms with van der Waals surface area (Å²) in [6, 6.07) is 17.7. The Labute approximate surface area is 223 Å². The van der Waals surface area contributed by atoms with Gasteiger partial charge in [-0.2, -0.15) is 0 Å². The monoisotopic (exact) mass is 536 g/mol. The van der Waals surface area contributed by atoms with Gasteiger partial charge in [0, 0.05) is 24.7 Å². The molecule has 1 amide bonds. The number of thiazole rings is 1. The van der Waals surface area contributed by atoms with Crippen molar-refractivity contribution >= 4 is 55.6 Å². The number of anilines is 2. The van der Waals surface area contributed by atoms with E-state index in [1.807, 2.05) is 35.2 Å². The molecule has 1 aliphatic rings. The van der Waals surface area contributed by atoms with E-state index in [0.29, 0.717) is 31.8 Å². The van der Waals surface area contributed by atoms with Crippen LogP contribution in [0, 0.1) is 10.1 Å². The van der Waals surface area contributed by atoms with Crippen LogP contribution in [0.1, 0.15) is 35.2 Å². The number of benzene rings is 3. The van der Waals surface area contributed by atoms with Gasteiger partial charge >= 0.3 is 0 Å². The van der Waals surface area contributed by atoms with Crippen molar-refractivity contribution in [2.75, 3.05) is 30.0 Å². The van der Waals surface area contributed by atoms with Crippen molar-refractivity contribution in [2.45, 2.75) is 25.8 Å². The highest BCUT2D eigenvalue weighted by Gasteiger charge is 2.27. The van der Waals surface area contributed by atoms with Gasteiger partial charge in [0.15, 0.2) is 5.13 Å². The van der Waals surface area contributed by atoms with Crippen molar-refractivity contribution in [2.24, 2.45) is 0 Å². The topological polar surface area (TPSA) is 88.8 Å². The van der Waals surface area contributed by atoms with Crippen LogP contribution in [-0.4, -0.2) is 36.0 Å². The summed E-state index contributed by atoms with van der Waals surface area (Å²) in [6.45, 7) is 1.77. The molecule has 0 spiro atoms. The molecular formula is C27H25ClN4O4S. The molecule has 10 heteroatoms. The predicted octanol–water partition coefficient (Wildman–Crippen LogP) is 6.70. The summed E-state index contributed by atoms with van der Waals surface area (Å²) >= 11 is 7.72. The Balaban J connectivity index is 1.58. The minimum absolute atomic E-state index is 0.0681. The number of methoxy groups -OCH3 is 1. The summed E-state index contributed by atoms with van der Waals surface area (Å²) in [5.41, 5.74) is 2.16. The highest BCUT2D eigenvalue weighted by Crippen LogP contribution is 2.40. The molecule has 0 unspecified atom stereocenters. The number of carbonyl (C=O) groups is 1. The van der Waals surface area contributed by atoms with Crippen molar-refractivity contribution in [1.82, 2.24) is 4.98 Å². The zero-order chi connectivity index (χ0) is 25.9. The van der Waals surface area contributed by atoms with E-state index in [1.54, 1.807) is 31.4 Å². The third-order valence-electron chi connectivity index (χ3n) is 6.44. The van der Waals surface area contributed by atoms with Gasteiger partial charge in [-0.05, 0) is 49.1 Å². The summed E-state index contributed by atoms with van der Waals surface area (Å²) < 4.78 is 6.16. The number of ether oxygens (including phenoxy) is 1. The first-order valence-electron chi connectivity index (χ1n) is 12.0. The van der Waals surface area contributed by atoms with Crippen molar-refractivity contribution < 1.29 is 14.5 Å². The van der Waals surface area contributed by atoms with E-state index < -0.39 is 4.92 Å². The second-order valence-electron chi connectivity index (χ2n) is 8.81. The second-order valence-corrected chi connectivity index (χ2v) is 10.2. The normalized spacial score (nSPS) is 13.5. The molecular weight excluding hydrogens is 512 g/mol. The smallest absolute Gasteiger partial charge is 0.293 e. The summed E-state index contributed by atoms with van der Waals surface area (Å²) in [6.07, 6.45) is 3.10. The lowest BCUT2D eigenvalue weighted by Crippen LogP contribution is -2.31. The van der Waals surface area contributed by atoms with Gasteiger partial charge in [-0.25, -0.2) is 4.98 Å². The lowest BCUT2D eigenvalue weighted by Gasteiger charge is -2.28. The van der Waals surface area contributed by atoms with Crippen LogP contribution in [0.5, 0.6) is 5.75 Å². The maximum absolute atomic E-state index is 13.9. The van der Waals surface area contributed by atoms with Crippen LogP contribution in [0.2, 0.25) is 5.02 Å². The fourth-order valence-electron chi connectivity index (χ4n) is 4.57. The Morgan fingerprint density at radius 1 is 1.14 bits per heavy atom. The zero-order valence-corrected chi connectivity index (χ0v) is 21.8. The van der Waals surface area contributed by atoms with Gasteiger partial charge in [0.25, 0.3) is 11.6 Å². The van der Waals surface area contributed by atoms with Crippen molar-refractivity contribution in [3.63, 3.8) is 0 Å². The van der Waals surface area contributed by atoms with Crippen molar-refractivity contribution in [3.05, 3.63) is 86.9 Å². The number of nitro groups is 1. The number of carbonyl (C=O) groups excluding carboxylic acids is 1. The molecule has 1 saturated heterocycles. The van der Waals surface area contributed by atoms with Crippen LogP contribution in [0.4, 0.5) is 16.5 Å². The van der Waals surface area contributed by atoms with Crippen LogP contribution < -0.4 is 14.5 Å². The number of nitrogens with zero attached hydrogens (tertiary/aromatic N) is 4. The van der Waals surface area contributed by atoms with E-state index in [1.165, 1.54) is 22.3 Å². The third-order valence-corrected chi connectivity index (χ3v) is 7.98. The number of halogens is 1. The minimum atomic E-state index is -0.412. The van der Waals surface area contributed by atoms with Gasteiger partial charge in [-0.3, -0.25) is 19.8 Å². The Bertz CT molecular complexity index is 1450. The number of aromatic nitrogens is 1. The van der Waals surface area contributed by atoms with Gasteiger partial charge < -0.3 is 9.64 Å². The highest BCUT2D eigenvalue weighted by molar-refractivity contribution is 7.23. The summed E-state index contributed by atoms with van der Waals surface area (Å²) in [7, 11) is 1.55. The molecule has 1 aliphatic heterocycles. The molecule has 1 fully saturated rings. The molecule has 0 radical (unpaired) electrons. The van der Waals surface area contributed by atoms with Crippen LogP contribution in [-0.2, 0) is 6.54 Å². The second kappa shape index (κ2) is 10.7. The molecule has 0 bridgehead atoms. The average molecular weight is 537 g/mol. The van der Waals surface area contributed by atoms with E-state index in [-0.39, 0.29) is 23.7 Å². The molecule has 5 rings (SSSR count). The third kappa shape index (κ3) is 5.10. The van der Waals surface area contributed by atoms with Crippen LogP contribution in [0.15, 0.2) is 60.7 Å². The largest absolute Gasteiger partial charge is 0.494 e. The van der Waals surface area contributed by atoms with Gasteiger partial charge in [0.05, 0.1) is 28.3 Å². The first-order chi connectivity index (χ1) is 18.0. The Morgan fingerprint density at radius 3 is 2.59 bits per heavy atom. The van der Waals surface area contributed by atoms with E-state index >= 15 is 0 Å². The number of fused-ring (bicyclic) bond motifs is 1. The van der Waals surface area contributed by atoms with Crippen molar-refractivity contribution in [3.8, 4) is 5.75 Å². The Hall–Kier alpha value is -3.69. The molecule has 3 aromatic carbocycles. The molecule has 1 aromatic heterocycles. The van der Waals surface area contributed by atoms with E-state index in [4.69, 9.17) is 21.3 Å². The van der Waals surface area contributed by atoms with E-state index in [2.05, 4.69) is 0 Å². The lowest BCUT2D eigenvalue weighted by molar-refractivity contribution is -0.384. The number of hydrogen-bond donors (Lipinski definition) is 0. The molecule has 0 atom stereocenters. The van der Waals surface area contributed by atoms with Gasteiger partial charge in [-0.15, -0.1) is 0 Å². The fourth-order valence-corrected chi connectivity index (χ4v) is 5.83. The Kier molecular flexibility index (Phi) is 7.25. The molecule has 190 valence electrons. The maximum atomic E-state index is 13.9. The van der Waals surface area contributed by atoms with Gasteiger partial charge in [0.1, 0.15) is 17.0 Å². The summed E-state index contributed by atoms with van der Waals surface area (Å²) in [5.74, 6) is 0.168. The number of hydrogen-bond acceptors (Lipinski definition) is 7. The quantitative estimate of drug-likeness (QED) is 0.193. The molecule has 0 aliphatic carbocycles. The molecule has 2 heterocycles. The minimum Gasteiger partial charge on any atom is -0.494 e. The molecule has 4 aromatic rings. The fraction of sp³-hybridized carbons (Fsp3) is 0.259. The molecule has 8 nitrogen and oxygen atoms in total. The van der Waals surface area contributed by atoms with Crippen LogP contribution in [0.3, 0.4) is 0 Å². The molecule has 0 saturated carbocycles. The van der Waals surface area contributed by atoms with E-state index in [9.17, 15) is 14.9 Å². The molecule has 0 N–H and O–H groups in total. The van der Waals surface area contributed by atoms with Gasteiger partial charge in [0.2, 0.25) is 0 Å². The van der Waals surface area contributed by atoms with Crippen LogP contribution in [0.25, 0.3) is 10.2 Å². The number of nitro benzene ring substituents is 1. The molecule has 37 heavy (non-hydrogen) atoms. The number of amides is 1. The first-order valence-corrected chi connectivity index (χ1v) is 13.2. The standard InChI is InChI=1S/C27H25ClN4O4S/c1-36-23-13-11-20(28)25-24(23)29-27(37-25)31(17-18-8-4-2-5-9-18)26(33)19-10-12-21(22(16-19)32(34)35)30-14-6-3-7-15-30/h2,4-5,8-13,16H,3,6-7,14-15,17H2,1H3.